The molecule has 3 heterocycles. The van der Waals surface area contributed by atoms with Crippen LogP contribution in [0.3, 0.4) is 0 Å². The Hall–Kier alpha value is -1.79. The Kier molecular flexibility index (Phi) is 5.08. The summed E-state index contributed by atoms with van der Waals surface area (Å²) in [5.74, 6) is 0. The van der Waals surface area contributed by atoms with E-state index in [-0.39, 0.29) is 0 Å². The maximum Gasteiger partial charge on any atom is 0.147 e. The number of rotatable bonds is 6. The molecule has 0 aliphatic heterocycles. The molecular formula is C20H19N2S3+. The summed E-state index contributed by atoms with van der Waals surface area (Å²) in [5.41, 5.74) is 5.03. The van der Waals surface area contributed by atoms with Gasteiger partial charge in [0.25, 0.3) is 0 Å². The molecule has 0 amide bonds. The van der Waals surface area contributed by atoms with Crippen LogP contribution in [0.1, 0.15) is 27.7 Å². The lowest BCUT2D eigenvalue weighted by molar-refractivity contribution is -0.702. The Balaban J connectivity index is 1.52. The number of aryl methyl sites for hydroxylation is 1. The average Bonchev–Trinajstić information content (AvgIpc) is 3.39. The van der Waals surface area contributed by atoms with Gasteiger partial charge in [-0.25, -0.2) is 4.98 Å². The van der Waals surface area contributed by atoms with Gasteiger partial charge in [-0.2, -0.15) is 11.3 Å². The Morgan fingerprint density at radius 1 is 1.00 bits per heavy atom. The van der Waals surface area contributed by atoms with E-state index < -0.39 is 0 Å². The van der Waals surface area contributed by atoms with Gasteiger partial charge in [-0.15, -0.1) is 22.7 Å². The minimum Gasteiger partial charge on any atom is -0.331 e. The molecular weight excluding hydrogens is 364 g/mol. The first-order chi connectivity index (χ1) is 12.3. The molecule has 0 spiro atoms. The number of quaternary nitrogens is 1. The van der Waals surface area contributed by atoms with Gasteiger partial charge in [0.2, 0.25) is 0 Å². The van der Waals surface area contributed by atoms with Gasteiger partial charge in [-0.1, -0.05) is 35.9 Å². The maximum absolute atomic E-state index is 4.81. The van der Waals surface area contributed by atoms with Gasteiger partial charge in [0, 0.05) is 21.9 Å². The highest BCUT2D eigenvalue weighted by Gasteiger charge is 2.19. The predicted octanol–water partition coefficient (Wildman–Crippen LogP) is 5.09. The fourth-order valence-corrected chi connectivity index (χ4v) is 5.21. The number of thiophene rings is 2. The molecule has 4 aromatic rings. The lowest BCUT2D eigenvalue weighted by Gasteiger charge is -2.14. The second-order valence-electron chi connectivity index (χ2n) is 6.00. The number of thiazole rings is 1. The van der Waals surface area contributed by atoms with E-state index in [0.29, 0.717) is 6.04 Å². The lowest BCUT2D eigenvalue weighted by atomic mass is 10.0. The number of benzene rings is 1. The van der Waals surface area contributed by atoms with E-state index in [1.165, 1.54) is 21.6 Å². The number of aromatic nitrogens is 1. The SMILES string of the molecule is Cc1ccc([C@H]([NH2+]Cc2csc(-c3ccsc3)n2)c2cccs2)cc1. The third-order valence-corrected chi connectivity index (χ3v) is 6.75. The van der Waals surface area contributed by atoms with Crippen molar-refractivity contribution in [1.29, 1.82) is 0 Å². The fourth-order valence-electron chi connectivity index (χ4n) is 2.82. The van der Waals surface area contributed by atoms with Gasteiger partial charge in [-0.05, 0) is 29.8 Å². The predicted molar refractivity (Wildman–Crippen MR) is 108 cm³/mol. The van der Waals surface area contributed by atoms with Crippen LogP contribution in [0.5, 0.6) is 0 Å². The lowest BCUT2D eigenvalue weighted by Crippen LogP contribution is -2.83. The minimum atomic E-state index is 0.326. The third kappa shape index (κ3) is 3.90. The second-order valence-corrected chi connectivity index (χ2v) is 8.62. The van der Waals surface area contributed by atoms with E-state index in [1.54, 1.807) is 22.7 Å². The topological polar surface area (TPSA) is 29.5 Å². The van der Waals surface area contributed by atoms with Crippen LogP contribution in [-0.4, -0.2) is 4.98 Å². The van der Waals surface area contributed by atoms with Crippen molar-refractivity contribution in [3.05, 3.63) is 85.7 Å². The van der Waals surface area contributed by atoms with Crippen molar-refractivity contribution in [3.8, 4) is 10.6 Å². The first-order valence-corrected chi connectivity index (χ1v) is 10.9. The summed E-state index contributed by atoms with van der Waals surface area (Å²) in [7, 11) is 0. The van der Waals surface area contributed by atoms with Crippen LogP contribution in [-0.2, 0) is 6.54 Å². The highest BCUT2D eigenvalue weighted by Crippen LogP contribution is 2.26. The molecule has 2 nitrogen and oxygen atoms in total. The summed E-state index contributed by atoms with van der Waals surface area (Å²) in [6.07, 6.45) is 0. The smallest absolute Gasteiger partial charge is 0.147 e. The van der Waals surface area contributed by atoms with Gasteiger partial charge in [0.05, 0.1) is 4.88 Å². The Labute approximate surface area is 159 Å². The molecule has 126 valence electrons. The maximum atomic E-state index is 4.81. The molecule has 0 unspecified atom stereocenters. The second kappa shape index (κ2) is 7.62. The number of hydrogen-bond donors (Lipinski definition) is 1. The quantitative estimate of drug-likeness (QED) is 0.493. The fraction of sp³-hybridized carbons (Fsp3) is 0.150. The van der Waals surface area contributed by atoms with E-state index in [4.69, 9.17) is 4.98 Å². The van der Waals surface area contributed by atoms with Crippen molar-refractivity contribution in [3.63, 3.8) is 0 Å². The van der Waals surface area contributed by atoms with Crippen LogP contribution < -0.4 is 5.32 Å². The van der Waals surface area contributed by atoms with E-state index in [0.717, 1.165) is 17.2 Å². The van der Waals surface area contributed by atoms with Crippen LogP contribution in [0.4, 0.5) is 0 Å². The van der Waals surface area contributed by atoms with Crippen molar-refractivity contribution >= 4 is 34.0 Å². The first-order valence-electron chi connectivity index (χ1n) is 8.20. The molecule has 3 aromatic heterocycles. The molecule has 1 atom stereocenters. The zero-order valence-corrected chi connectivity index (χ0v) is 16.3. The standard InChI is InChI=1S/C20H18N2S3/c1-14-4-6-15(7-5-14)19(18-3-2-9-24-18)21-11-17-13-25-20(22-17)16-8-10-23-12-16/h2-10,12-13,19,21H,11H2,1H3/p+1/t19-/m0/s1. The Morgan fingerprint density at radius 2 is 1.88 bits per heavy atom. The van der Waals surface area contributed by atoms with Crippen molar-refractivity contribution in [2.45, 2.75) is 19.5 Å². The van der Waals surface area contributed by atoms with Crippen LogP contribution in [0.15, 0.2) is 64.0 Å². The Morgan fingerprint density at radius 3 is 2.60 bits per heavy atom. The number of nitrogens with two attached hydrogens (primary N) is 1. The van der Waals surface area contributed by atoms with Crippen molar-refractivity contribution in [2.75, 3.05) is 0 Å². The van der Waals surface area contributed by atoms with Gasteiger partial charge in [-0.3, -0.25) is 0 Å². The summed E-state index contributed by atoms with van der Waals surface area (Å²) >= 11 is 5.27. The largest absolute Gasteiger partial charge is 0.331 e. The molecule has 0 aliphatic carbocycles. The molecule has 0 fully saturated rings. The average molecular weight is 384 g/mol. The molecule has 0 saturated carbocycles. The molecule has 0 bridgehead atoms. The van der Waals surface area contributed by atoms with Crippen LogP contribution in [0, 0.1) is 6.92 Å². The van der Waals surface area contributed by atoms with Crippen LogP contribution in [0.25, 0.3) is 10.6 Å². The molecule has 2 N–H and O–H groups in total. The van der Waals surface area contributed by atoms with Crippen molar-refractivity contribution < 1.29 is 5.32 Å². The monoisotopic (exact) mass is 383 g/mol. The zero-order valence-electron chi connectivity index (χ0n) is 13.9. The minimum absolute atomic E-state index is 0.326. The Bertz CT molecular complexity index is 906. The highest BCUT2D eigenvalue weighted by molar-refractivity contribution is 7.14. The first kappa shape index (κ1) is 16.7. The summed E-state index contributed by atoms with van der Waals surface area (Å²) in [6.45, 7) is 3.02. The molecule has 0 saturated heterocycles. The molecule has 5 heteroatoms. The summed E-state index contributed by atoms with van der Waals surface area (Å²) < 4.78 is 0. The molecule has 1 aromatic carbocycles. The van der Waals surface area contributed by atoms with Gasteiger partial charge >= 0.3 is 0 Å². The van der Waals surface area contributed by atoms with Gasteiger partial charge in [0.1, 0.15) is 23.3 Å². The normalized spacial score (nSPS) is 12.4. The van der Waals surface area contributed by atoms with E-state index in [9.17, 15) is 0 Å². The number of hydrogen-bond acceptors (Lipinski definition) is 4. The summed E-state index contributed by atoms with van der Waals surface area (Å²) in [5, 5.41) is 12.1. The molecule has 0 radical (unpaired) electrons. The molecule has 0 aliphatic rings. The number of nitrogens with zero attached hydrogens (tertiary/aromatic N) is 1. The van der Waals surface area contributed by atoms with Gasteiger partial charge < -0.3 is 5.32 Å². The van der Waals surface area contributed by atoms with Crippen molar-refractivity contribution in [1.82, 2.24) is 4.98 Å². The van der Waals surface area contributed by atoms with Crippen LogP contribution >= 0.6 is 34.0 Å². The highest BCUT2D eigenvalue weighted by atomic mass is 32.1. The summed E-state index contributed by atoms with van der Waals surface area (Å²) in [6, 6.07) is 15.7. The zero-order chi connectivity index (χ0) is 17.1. The molecule has 25 heavy (non-hydrogen) atoms. The van der Waals surface area contributed by atoms with Crippen LogP contribution in [0.2, 0.25) is 0 Å². The third-order valence-electron chi connectivity index (χ3n) is 4.17. The van der Waals surface area contributed by atoms with Gasteiger partial charge in [0.15, 0.2) is 0 Å². The molecule has 4 rings (SSSR count). The van der Waals surface area contributed by atoms with E-state index in [1.807, 2.05) is 11.3 Å². The van der Waals surface area contributed by atoms with E-state index >= 15 is 0 Å². The van der Waals surface area contributed by atoms with E-state index in [2.05, 4.69) is 76.2 Å². The summed E-state index contributed by atoms with van der Waals surface area (Å²) in [4.78, 5) is 6.20. The van der Waals surface area contributed by atoms with Crippen molar-refractivity contribution in [2.24, 2.45) is 0 Å².